The van der Waals surface area contributed by atoms with Crippen LogP contribution in [-0.4, -0.2) is 5.91 Å². The van der Waals surface area contributed by atoms with E-state index in [1.165, 1.54) is 0 Å². The standard InChI is InChI=1S/C11H10N2OS2.2Na/c1-7-2-4-8(5-3-7)13-10(14)9(6-12)11(15)16;;/h2-5,15-16H,1H3,(H,13,14);;/q;2*+1/p-2. The van der Waals surface area contributed by atoms with Gasteiger partial charge in [-0.3, -0.25) is 4.79 Å². The van der Waals surface area contributed by atoms with Crippen molar-refractivity contribution in [2.24, 2.45) is 0 Å². The first-order chi connectivity index (χ1) is 7.54. The van der Waals surface area contributed by atoms with Gasteiger partial charge in [0.1, 0.15) is 6.07 Å². The summed E-state index contributed by atoms with van der Waals surface area (Å²) in [5.41, 5.74) is 1.49. The molecule has 0 heterocycles. The van der Waals surface area contributed by atoms with Gasteiger partial charge in [0, 0.05) is 5.69 Å². The molecule has 1 aromatic carbocycles. The summed E-state index contributed by atoms with van der Waals surface area (Å²) < 4.78 is -0.118. The summed E-state index contributed by atoms with van der Waals surface area (Å²) in [6.45, 7) is 1.94. The molecule has 0 aliphatic carbocycles. The maximum atomic E-state index is 11.5. The average Bonchev–Trinajstić information content (AvgIpc) is 2.22. The predicted molar refractivity (Wildman–Crippen MR) is 67.2 cm³/mol. The smallest absolute Gasteiger partial charge is 0.806 e. The fourth-order valence-corrected chi connectivity index (χ4v) is 1.30. The number of nitriles is 1. The molecule has 1 amide bonds. The molecule has 1 aromatic rings. The van der Waals surface area contributed by atoms with E-state index in [0.29, 0.717) is 5.69 Å². The van der Waals surface area contributed by atoms with Crippen molar-refractivity contribution in [2.75, 3.05) is 5.32 Å². The second-order valence-electron chi connectivity index (χ2n) is 3.09. The Morgan fingerprint density at radius 3 is 2.11 bits per heavy atom. The molecule has 0 aromatic heterocycles. The molecule has 3 nitrogen and oxygen atoms in total. The fourth-order valence-electron chi connectivity index (χ4n) is 1.02. The molecule has 1 N–H and O–H groups in total. The molecule has 82 valence electrons. The third-order valence-electron chi connectivity index (χ3n) is 1.85. The molecule has 0 radical (unpaired) electrons. The Kier molecular flexibility index (Phi) is 11.7. The fraction of sp³-hybridized carbons (Fsp3) is 0.0909. The first-order valence-corrected chi connectivity index (χ1v) is 5.22. The summed E-state index contributed by atoms with van der Waals surface area (Å²) in [7, 11) is 0. The zero-order valence-corrected chi connectivity index (χ0v) is 16.1. The molecule has 7 heteroatoms. The first-order valence-electron chi connectivity index (χ1n) is 4.41. The van der Waals surface area contributed by atoms with Crippen molar-refractivity contribution in [1.82, 2.24) is 0 Å². The van der Waals surface area contributed by atoms with Crippen LogP contribution < -0.4 is 64.4 Å². The van der Waals surface area contributed by atoms with Crippen LogP contribution in [0.5, 0.6) is 0 Å². The molecular formula is C11H8N2Na2OS2. The van der Waals surface area contributed by atoms with Gasteiger partial charge in [-0.1, -0.05) is 17.7 Å². The van der Waals surface area contributed by atoms with Crippen molar-refractivity contribution in [3.05, 3.63) is 39.6 Å². The van der Waals surface area contributed by atoms with Crippen molar-refractivity contribution in [3.63, 3.8) is 0 Å². The van der Waals surface area contributed by atoms with Gasteiger partial charge in [0.25, 0.3) is 5.91 Å². The van der Waals surface area contributed by atoms with Crippen LogP contribution >= 0.6 is 0 Å². The number of nitrogens with zero attached hydrogens (tertiary/aromatic N) is 1. The van der Waals surface area contributed by atoms with E-state index in [1.807, 2.05) is 19.1 Å². The first kappa shape index (κ1) is 20.7. The molecule has 0 atom stereocenters. The van der Waals surface area contributed by atoms with E-state index in [4.69, 9.17) is 5.26 Å². The van der Waals surface area contributed by atoms with Crippen molar-refractivity contribution in [2.45, 2.75) is 6.92 Å². The number of hydrogen-bond donors (Lipinski definition) is 1. The number of carbonyl (C=O) groups is 1. The minimum Gasteiger partial charge on any atom is -0.806 e. The Hall–Kier alpha value is 0.360. The van der Waals surface area contributed by atoms with Gasteiger partial charge in [-0.05, 0) is 19.1 Å². The van der Waals surface area contributed by atoms with Gasteiger partial charge in [0.05, 0.1) is 5.57 Å². The summed E-state index contributed by atoms with van der Waals surface area (Å²) in [4.78, 5) is 11.5. The zero-order valence-electron chi connectivity index (χ0n) is 10.5. The van der Waals surface area contributed by atoms with E-state index in [2.05, 4.69) is 30.6 Å². The van der Waals surface area contributed by atoms with Crippen LogP contribution in [-0.2, 0) is 30.1 Å². The third kappa shape index (κ3) is 6.50. The number of rotatable bonds is 2. The van der Waals surface area contributed by atoms with E-state index >= 15 is 0 Å². The van der Waals surface area contributed by atoms with Gasteiger partial charge < -0.3 is 34.8 Å². The summed E-state index contributed by atoms with van der Waals surface area (Å²) in [6.07, 6.45) is 0. The van der Waals surface area contributed by atoms with E-state index < -0.39 is 5.91 Å². The van der Waals surface area contributed by atoms with E-state index in [1.54, 1.807) is 18.2 Å². The minimum absolute atomic E-state index is 0. The van der Waals surface area contributed by atoms with Crippen molar-refractivity contribution >= 4 is 36.9 Å². The Balaban J connectivity index is 0. The van der Waals surface area contributed by atoms with Crippen LogP contribution in [0.1, 0.15) is 5.56 Å². The van der Waals surface area contributed by atoms with Crippen molar-refractivity contribution in [3.8, 4) is 6.07 Å². The number of anilines is 1. The average molecular weight is 294 g/mol. The quantitative estimate of drug-likeness (QED) is 0.260. The second kappa shape index (κ2) is 10.2. The third-order valence-corrected chi connectivity index (χ3v) is 2.26. The van der Waals surface area contributed by atoms with Crippen LogP contribution in [0.25, 0.3) is 0 Å². The molecular weight excluding hydrogens is 286 g/mol. The Bertz CT molecular complexity index is 477. The van der Waals surface area contributed by atoms with E-state index in [0.717, 1.165) is 5.56 Å². The molecule has 0 unspecified atom stereocenters. The second-order valence-corrected chi connectivity index (χ2v) is 4.17. The molecule has 0 aliphatic rings. The Morgan fingerprint density at radius 1 is 1.22 bits per heavy atom. The Labute approximate surface area is 162 Å². The van der Waals surface area contributed by atoms with Crippen LogP contribution in [0.4, 0.5) is 5.69 Å². The minimum atomic E-state index is -0.564. The molecule has 0 saturated carbocycles. The number of hydrogen-bond acceptors (Lipinski definition) is 4. The maximum absolute atomic E-state index is 11.5. The van der Waals surface area contributed by atoms with Gasteiger partial charge in [0.2, 0.25) is 0 Å². The van der Waals surface area contributed by atoms with Gasteiger partial charge in [-0.2, -0.15) is 5.26 Å². The van der Waals surface area contributed by atoms with Crippen molar-refractivity contribution in [1.29, 1.82) is 5.26 Å². The van der Waals surface area contributed by atoms with Gasteiger partial charge in [-0.15, -0.1) is 0 Å². The number of nitrogens with one attached hydrogen (secondary N) is 1. The normalized spacial score (nSPS) is 8.00. The monoisotopic (exact) mass is 294 g/mol. The summed E-state index contributed by atoms with van der Waals surface area (Å²) >= 11 is 9.25. The van der Waals surface area contributed by atoms with Crippen LogP contribution in [0, 0.1) is 18.3 Å². The van der Waals surface area contributed by atoms with E-state index in [-0.39, 0.29) is 68.9 Å². The molecule has 1 rings (SSSR count). The largest absolute Gasteiger partial charge is 1.00 e. The molecule has 18 heavy (non-hydrogen) atoms. The number of amides is 1. The van der Waals surface area contributed by atoms with Gasteiger partial charge in [-0.25, -0.2) is 0 Å². The maximum Gasteiger partial charge on any atom is 1.00 e. The SMILES string of the molecule is Cc1ccc(NC(=O)C(C#N)=C([S-])[S-])cc1.[Na+].[Na+]. The van der Waals surface area contributed by atoms with Crippen LogP contribution in [0.15, 0.2) is 34.1 Å². The predicted octanol–water partition coefficient (Wildman–Crippen LogP) is -4.23. The summed E-state index contributed by atoms with van der Waals surface area (Å²) in [5, 5.41) is 11.2. The summed E-state index contributed by atoms with van der Waals surface area (Å²) in [6, 6.07) is 8.89. The molecule has 0 bridgehead atoms. The van der Waals surface area contributed by atoms with Crippen molar-refractivity contribution < 1.29 is 63.9 Å². The molecule has 0 saturated heterocycles. The van der Waals surface area contributed by atoms with Crippen LogP contribution in [0.3, 0.4) is 0 Å². The Morgan fingerprint density at radius 2 is 1.72 bits per heavy atom. The molecule has 0 fully saturated rings. The number of carbonyl (C=O) groups excluding carboxylic acids is 1. The van der Waals surface area contributed by atoms with Gasteiger partial charge in [0.15, 0.2) is 0 Å². The summed E-state index contributed by atoms with van der Waals surface area (Å²) in [5.74, 6) is -0.564. The number of benzene rings is 1. The number of aryl methyl sites for hydroxylation is 1. The zero-order chi connectivity index (χ0) is 12.1. The molecule has 0 spiro atoms. The topological polar surface area (TPSA) is 52.9 Å². The van der Waals surface area contributed by atoms with Crippen LogP contribution in [0.2, 0.25) is 0 Å². The molecule has 0 aliphatic heterocycles. The van der Waals surface area contributed by atoms with Gasteiger partial charge >= 0.3 is 59.1 Å². The van der Waals surface area contributed by atoms with E-state index in [9.17, 15) is 4.79 Å².